The highest BCUT2D eigenvalue weighted by Gasteiger charge is 2.06. The summed E-state index contributed by atoms with van der Waals surface area (Å²) in [5.74, 6) is 1.76. The number of hydrogen-bond acceptors (Lipinski definition) is 4. The number of nitrogen functional groups attached to an aromatic ring is 1. The van der Waals surface area contributed by atoms with Crippen LogP contribution in [0.25, 0.3) is 0 Å². The molecular formula is C14H11BrN2O2. The lowest BCUT2D eigenvalue weighted by molar-refractivity contribution is 0.409. The van der Waals surface area contributed by atoms with Crippen LogP contribution in [0.1, 0.15) is 5.56 Å². The largest absolute Gasteiger partial charge is 0.497 e. The molecule has 0 bridgehead atoms. The summed E-state index contributed by atoms with van der Waals surface area (Å²) in [6, 6.07) is 12.4. The molecule has 0 radical (unpaired) electrons. The summed E-state index contributed by atoms with van der Waals surface area (Å²) in [7, 11) is 1.58. The molecule has 2 aromatic rings. The number of rotatable bonds is 3. The van der Waals surface area contributed by atoms with Crippen molar-refractivity contribution in [1.82, 2.24) is 0 Å². The number of nitriles is 1. The number of halogens is 1. The van der Waals surface area contributed by atoms with Crippen LogP contribution in [0.2, 0.25) is 0 Å². The number of nitrogens with two attached hydrogens (primary N) is 1. The summed E-state index contributed by atoms with van der Waals surface area (Å²) < 4.78 is 11.5. The van der Waals surface area contributed by atoms with Gasteiger partial charge < -0.3 is 15.2 Å². The molecule has 0 heterocycles. The summed E-state index contributed by atoms with van der Waals surface area (Å²) in [6.07, 6.45) is 0. The van der Waals surface area contributed by atoms with Crippen molar-refractivity contribution in [2.75, 3.05) is 12.8 Å². The standard InChI is InChI=1S/C14H11BrN2O2/c1-18-10-4-5-13(17)14(7-10)19-11-3-2-9(8-16)12(15)6-11/h2-7H,17H2,1H3. The molecule has 2 aromatic carbocycles. The highest BCUT2D eigenvalue weighted by molar-refractivity contribution is 9.10. The topological polar surface area (TPSA) is 68.3 Å². The van der Waals surface area contributed by atoms with Crippen molar-refractivity contribution >= 4 is 21.6 Å². The fraction of sp³-hybridized carbons (Fsp3) is 0.0714. The molecule has 0 saturated heterocycles. The number of ether oxygens (including phenoxy) is 2. The van der Waals surface area contributed by atoms with Crippen LogP contribution in [-0.2, 0) is 0 Å². The van der Waals surface area contributed by atoms with E-state index in [2.05, 4.69) is 22.0 Å². The van der Waals surface area contributed by atoms with E-state index in [0.29, 0.717) is 33.0 Å². The zero-order valence-corrected chi connectivity index (χ0v) is 11.8. The van der Waals surface area contributed by atoms with Crippen LogP contribution >= 0.6 is 15.9 Å². The Kier molecular flexibility index (Phi) is 3.93. The van der Waals surface area contributed by atoms with E-state index in [1.807, 2.05) is 0 Å². The van der Waals surface area contributed by atoms with Crippen molar-refractivity contribution in [3.8, 4) is 23.3 Å². The first-order chi connectivity index (χ1) is 9.13. The minimum atomic E-state index is 0.510. The molecule has 0 aliphatic carbocycles. The molecule has 96 valence electrons. The third-order valence-electron chi connectivity index (χ3n) is 2.51. The van der Waals surface area contributed by atoms with Gasteiger partial charge in [-0.05, 0) is 46.3 Å². The Morgan fingerprint density at radius 3 is 2.53 bits per heavy atom. The molecule has 2 rings (SSSR count). The summed E-state index contributed by atoms with van der Waals surface area (Å²) in [5, 5.41) is 8.85. The molecule has 0 saturated carbocycles. The summed E-state index contributed by atoms with van der Waals surface area (Å²) in [4.78, 5) is 0. The van der Waals surface area contributed by atoms with E-state index >= 15 is 0 Å². The van der Waals surface area contributed by atoms with E-state index in [0.717, 1.165) is 0 Å². The van der Waals surface area contributed by atoms with Crippen LogP contribution < -0.4 is 15.2 Å². The Morgan fingerprint density at radius 2 is 1.89 bits per heavy atom. The Balaban J connectivity index is 2.31. The van der Waals surface area contributed by atoms with Crippen LogP contribution in [0.4, 0.5) is 5.69 Å². The van der Waals surface area contributed by atoms with Crippen molar-refractivity contribution in [2.45, 2.75) is 0 Å². The number of nitrogens with zero attached hydrogens (tertiary/aromatic N) is 1. The molecule has 0 aromatic heterocycles. The zero-order chi connectivity index (χ0) is 13.8. The second-order valence-electron chi connectivity index (χ2n) is 3.76. The van der Waals surface area contributed by atoms with Crippen molar-refractivity contribution in [2.24, 2.45) is 0 Å². The predicted molar refractivity (Wildman–Crippen MR) is 76.3 cm³/mol. The Labute approximate surface area is 119 Å². The molecule has 0 spiro atoms. The first-order valence-corrected chi connectivity index (χ1v) is 6.24. The molecular weight excluding hydrogens is 308 g/mol. The van der Waals surface area contributed by atoms with Crippen molar-refractivity contribution in [3.63, 3.8) is 0 Å². The Bertz CT molecular complexity index is 650. The highest BCUT2D eigenvalue weighted by Crippen LogP contribution is 2.32. The van der Waals surface area contributed by atoms with Gasteiger partial charge in [0.2, 0.25) is 0 Å². The van der Waals surface area contributed by atoms with Gasteiger partial charge in [0.25, 0.3) is 0 Å². The normalized spacial score (nSPS) is 9.74. The van der Waals surface area contributed by atoms with Crippen LogP contribution in [0.15, 0.2) is 40.9 Å². The fourth-order valence-corrected chi connectivity index (χ4v) is 1.95. The first-order valence-electron chi connectivity index (χ1n) is 5.45. The Hall–Kier alpha value is -2.19. The van der Waals surface area contributed by atoms with E-state index in [4.69, 9.17) is 20.5 Å². The molecule has 0 amide bonds. The number of anilines is 1. The van der Waals surface area contributed by atoms with Crippen LogP contribution in [0.5, 0.6) is 17.2 Å². The summed E-state index contributed by atoms with van der Waals surface area (Å²) in [5.41, 5.74) is 6.90. The maximum absolute atomic E-state index is 8.85. The van der Waals surface area contributed by atoms with Gasteiger partial charge in [0.1, 0.15) is 17.6 Å². The lowest BCUT2D eigenvalue weighted by atomic mass is 10.2. The smallest absolute Gasteiger partial charge is 0.153 e. The predicted octanol–water partition coefficient (Wildman–Crippen LogP) is 3.70. The molecule has 0 aliphatic rings. The Morgan fingerprint density at radius 1 is 1.16 bits per heavy atom. The van der Waals surface area contributed by atoms with Crippen molar-refractivity contribution < 1.29 is 9.47 Å². The molecule has 5 heteroatoms. The molecule has 19 heavy (non-hydrogen) atoms. The second kappa shape index (κ2) is 5.63. The molecule has 0 unspecified atom stereocenters. The summed E-state index contributed by atoms with van der Waals surface area (Å²) >= 11 is 3.31. The van der Waals surface area contributed by atoms with Gasteiger partial charge in [-0.2, -0.15) is 5.26 Å². The number of benzene rings is 2. The number of methoxy groups -OCH3 is 1. The van der Waals surface area contributed by atoms with Crippen LogP contribution in [-0.4, -0.2) is 7.11 Å². The van der Waals surface area contributed by atoms with Crippen LogP contribution in [0, 0.1) is 11.3 Å². The van der Waals surface area contributed by atoms with Gasteiger partial charge >= 0.3 is 0 Å². The van der Waals surface area contributed by atoms with E-state index in [-0.39, 0.29) is 0 Å². The van der Waals surface area contributed by atoms with Gasteiger partial charge in [-0.1, -0.05) is 0 Å². The van der Waals surface area contributed by atoms with E-state index in [1.165, 1.54) is 0 Å². The van der Waals surface area contributed by atoms with Gasteiger partial charge in [-0.3, -0.25) is 0 Å². The van der Waals surface area contributed by atoms with Gasteiger partial charge in [0, 0.05) is 10.5 Å². The summed E-state index contributed by atoms with van der Waals surface area (Å²) in [6.45, 7) is 0. The third kappa shape index (κ3) is 2.98. The maximum atomic E-state index is 8.85. The molecule has 0 aliphatic heterocycles. The van der Waals surface area contributed by atoms with Gasteiger partial charge in [-0.15, -0.1) is 0 Å². The van der Waals surface area contributed by atoms with Gasteiger partial charge in [0.15, 0.2) is 5.75 Å². The SMILES string of the molecule is COc1ccc(N)c(Oc2ccc(C#N)c(Br)c2)c1. The first kappa shape index (κ1) is 13.2. The van der Waals surface area contributed by atoms with Gasteiger partial charge in [-0.25, -0.2) is 0 Å². The van der Waals surface area contributed by atoms with E-state index in [9.17, 15) is 0 Å². The fourth-order valence-electron chi connectivity index (χ4n) is 1.51. The minimum absolute atomic E-state index is 0.510. The van der Waals surface area contributed by atoms with Crippen LogP contribution in [0.3, 0.4) is 0 Å². The van der Waals surface area contributed by atoms with Gasteiger partial charge in [0.05, 0.1) is 18.4 Å². The molecule has 0 fully saturated rings. The third-order valence-corrected chi connectivity index (χ3v) is 3.17. The second-order valence-corrected chi connectivity index (χ2v) is 4.61. The quantitative estimate of drug-likeness (QED) is 0.876. The number of hydrogen-bond donors (Lipinski definition) is 1. The maximum Gasteiger partial charge on any atom is 0.153 e. The zero-order valence-electron chi connectivity index (χ0n) is 10.2. The molecule has 2 N–H and O–H groups in total. The van der Waals surface area contributed by atoms with Crippen molar-refractivity contribution in [1.29, 1.82) is 5.26 Å². The monoisotopic (exact) mass is 318 g/mol. The average Bonchev–Trinajstić information content (AvgIpc) is 2.41. The lowest BCUT2D eigenvalue weighted by Crippen LogP contribution is -1.93. The van der Waals surface area contributed by atoms with E-state index < -0.39 is 0 Å². The minimum Gasteiger partial charge on any atom is -0.497 e. The average molecular weight is 319 g/mol. The molecule has 0 atom stereocenters. The molecule has 4 nitrogen and oxygen atoms in total. The lowest BCUT2D eigenvalue weighted by Gasteiger charge is -2.10. The van der Waals surface area contributed by atoms with Crippen molar-refractivity contribution in [3.05, 3.63) is 46.4 Å². The highest BCUT2D eigenvalue weighted by atomic mass is 79.9. The van der Waals surface area contributed by atoms with E-state index in [1.54, 1.807) is 43.5 Å².